The first kappa shape index (κ1) is 10.5. The van der Waals surface area contributed by atoms with Crippen LogP contribution in [0.2, 0.25) is 0 Å². The fourth-order valence-electron chi connectivity index (χ4n) is 0.337. The Balaban J connectivity index is 3.44. The number of hydrogen-bond donors (Lipinski definition) is 0. The van der Waals surface area contributed by atoms with Crippen LogP contribution in [0.4, 0.5) is 0 Å². The van der Waals surface area contributed by atoms with E-state index < -0.39 is 10.1 Å². The molecule has 0 aliphatic rings. The molecule has 0 saturated carbocycles. The van der Waals surface area contributed by atoms with Gasteiger partial charge >= 0.3 is 0 Å². The van der Waals surface area contributed by atoms with E-state index in [0.29, 0.717) is 5.25 Å². The molecule has 1 unspecified atom stereocenters. The summed E-state index contributed by atoms with van der Waals surface area (Å²) in [4.78, 5) is 0. The second-order valence-electron chi connectivity index (χ2n) is 2.49. The molecule has 0 saturated heterocycles. The minimum absolute atomic E-state index is 0.0482. The lowest BCUT2D eigenvalue weighted by molar-refractivity contribution is 0.276. The molecule has 62 valence electrons. The second kappa shape index (κ2) is 5.16. The van der Waals surface area contributed by atoms with E-state index in [9.17, 15) is 4.21 Å². The van der Waals surface area contributed by atoms with Crippen LogP contribution in [0, 0.1) is 0 Å². The monoisotopic (exact) mass is 182 g/mol. The van der Waals surface area contributed by atoms with Crippen LogP contribution >= 0.6 is 10.8 Å². The normalized spacial score (nSPS) is 14.6. The van der Waals surface area contributed by atoms with Gasteiger partial charge in [-0.3, -0.25) is 4.18 Å². The van der Waals surface area contributed by atoms with Crippen LogP contribution in [0.5, 0.6) is 0 Å². The molecule has 0 aliphatic heterocycles. The van der Waals surface area contributed by atoms with Crippen molar-refractivity contribution in [3.63, 3.8) is 0 Å². The first-order valence-corrected chi connectivity index (χ1v) is 5.75. The molecular weight excluding hydrogens is 168 g/mol. The van der Waals surface area contributed by atoms with Crippen LogP contribution in [0.25, 0.3) is 0 Å². The van der Waals surface area contributed by atoms with Gasteiger partial charge in [0.15, 0.2) is 0 Å². The molecule has 0 aromatic heterocycles. The quantitative estimate of drug-likeness (QED) is 0.623. The lowest BCUT2D eigenvalue weighted by Gasteiger charge is -2.06. The average molecular weight is 182 g/mol. The van der Waals surface area contributed by atoms with E-state index in [1.807, 2.05) is 27.7 Å². The molecule has 1 atom stereocenters. The molecule has 0 radical (unpaired) electrons. The third-order valence-electron chi connectivity index (χ3n) is 0.542. The van der Waals surface area contributed by atoms with Gasteiger partial charge in [0.1, 0.15) is 0 Å². The van der Waals surface area contributed by atoms with E-state index in [1.54, 1.807) is 0 Å². The van der Waals surface area contributed by atoms with Crippen LogP contribution in [-0.2, 0) is 14.3 Å². The Morgan fingerprint density at radius 2 is 1.80 bits per heavy atom. The van der Waals surface area contributed by atoms with E-state index in [4.69, 9.17) is 4.18 Å². The van der Waals surface area contributed by atoms with Crippen LogP contribution < -0.4 is 0 Å². The Kier molecular flexibility index (Phi) is 5.39. The maximum atomic E-state index is 10.9. The molecule has 0 heterocycles. The summed E-state index contributed by atoms with van der Waals surface area (Å²) >= 11 is 0. The minimum atomic E-state index is -1.16. The summed E-state index contributed by atoms with van der Waals surface area (Å²) < 4.78 is 15.9. The second-order valence-corrected chi connectivity index (χ2v) is 5.62. The molecule has 0 N–H and O–H groups in total. The Morgan fingerprint density at radius 3 is 2.10 bits per heavy atom. The lowest BCUT2D eigenvalue weighted by atomic mass is 10.5. The standard InChI is InChI=1S/C6H14O2S2/c1-5(2)8-10(7)9-6(3)4/h5-6H,1-4H3. The first-order valence-electron chi connectivity index (χ1n) is 3.28. The van der Waals surface area contributed by atoms with Crippen molar-refractivity contribution in [3.8, 4) is 0 Å². The molecule has 4 heteroatoms. The number of rotatable bonds is 4. The SMILES string of the molecule is CC(C)OS(=O)SC(C)C. The molecule has 0 rings (SSSR count). The maximum Gasteiger partial charge on any atom is 0.219 e. The fraction of sp³-hybridized carbons (Fsp3) is 1.00. The molecule has 0 aliphatic carbocycles. The molecule has 0 bridgehead atoms. The topological polar surface area (TPSA) is 26.3 Å². The highest BCUT2D eigenvalue weighted by Crippen LogP contribution is 2.16. The average Bonchev–Trinajstić information content (AvgIpc) is 1.58. The minimum Gasteiger partial charge on any atom is -0.279 e. The molecule has 2 nitrogen and oxygen atoms in total. The van der Waals surface area contributed by atoms with Gasteiger partial charge < -0.3 is 0 Å². The Bertz CT molecular complexity index is 100. The van der Waals surface area contributed by atoms with Crippen molar-refractivity contribution in [2.24, 2.45) is 0 Å². The molecule has 0 amide bonds. The summed E-state index contributed by atoms with van der Waals surface area (Å²) in [6, 6.07) is 0. The fourth-order valence-corrected chi connectivity index (χ4v) is 2.56. The third-order valence-corrected chi connectivity index (χ3v) is 3.49. The van der Waals surface area contributed by atoms with Crippen molar-refractivity contribution in [2.45, 2.75) is 39.0 Å². The Labute approximate surface area is 68.8 Å². The van der Waals surface area contributed by atoms with E-state index in [1.165, 1.54) is 10.8 Å². The van der Waals surface area contributed by atoms with Gasteiger partial charge in [-0.1, -0.05) is 13.8 Å². The number of hydrogen-bond acceptors (Lipinski definition) is 3. The molecule has 0 fully saturated rings. The zero-order valence-electron chi connectivity index (χ0n) is 6.79. The molecule has 0 aromatic rings. The summed E-state index contributed by atoms with van der Waals surface area (Å²) in [6.45, 7) is 7.73. The highest BCUT2D eigenvalue weighted by atomic mass is 33.1. The van der Waals surface area contributed by atoms with E-state index in [0.717, 1.165) is 0 Å². The van der Waals surface area contributed by atoms with Gasteiger partial charge in [0.05, 0.1) is 6.10 Å². The molecule has 10 heavy (non-hydrogen) atoms. The van der Waals surface area contributed by atoms with Crippen molar-refractivity contribution in [3.05, 3.63) is 0 Å². The van der Waals surface area contributed by atoms with Crippen molar-refractivity contribution in [1.29, 1.82) is 0 Å². The van der Waals surface area contributed by atoms with Crippen LogP contribution in [-0.4, -0.2) is 15.6 Å². The molecule has 0 aromatic carbocycles. The largest absolute Gasteiger partial charge is 0.279 e. The summed E-state index contributed by atoms with van der Waals surface area (Å²) in [6.07, 6.45) is 0.0482. The van der Waals surface area contributed by atoms with E-state index in [-0.39, 0.29) is 6.10 Å². The van der Waals surface area contributed by atoms with Crippen molar-refractivity contribution >= 4 is 20.9 Å². The molecule has 0 spiro atoms. The Hall–Kier alpha value is 0.460. The van der Waals surface area contributed by atoms with Crippen LogP contribution in [0.3, 0.4) is 0 Å². The van der Waals surface area contributed by atoms with E-state index in [2.05, 4.69) is 0 Å². The van der Waals surface area contributed by atoms with Gasteiger partial charge in [0, 0.05) is 5.25 Å². The Morgan fingerprint density at radius 1 is 1.30 bits per heavy atom. The molecular formula is C6H14O2S2. The highest BCUT2D eigenvalue weighted by molar-refractivity contribution is 8.67. The van der Waals surface area contributed by atoms with Crippen molar-refractivity contribution in [2.75, 3.05) is 0 Å². The zero-order chi connectivity index (χ0) is 8.15. The third kappa shape index (κ3) is 6.58. The smallest absolute Gasteiger partial charge is 0.219 e. The zero-order valence-corrected chi connectivity index (χ0v) is 8.42. The lowest BCUT2D eigenvalue weighted by Crippen LogP contribution is -2.04. The van der Waals surface area contributed by atoms with Gasteiger partial charge in [-0.25, -0.2) is 4.21 Å². The van der Waals surface area contributed by atoms with Crippen molar-refractivity contribution in [1.82, 2.24) is 0 Å². The first-order chi connectivity index (χ1) is 4.52. The summed E-state index contributed by atoms with van der Waals surface area (Å²) in [5.74, 6) is 0. The predicted octanol–water partition coefficient (Wildman–Crippen LogP) is 2.13. The van der Waals surface area contributed by atoms with Crippen LogP contribution in [0.15, 0.2) is 0 Å². The highest BCUT2D eigenvalue weighted by Gasteiger charge is 2.05. The predicted molar refractivity (Wildman–Crippen MR) is 47.1 cm³/mol. The maximum absolute atomic E-state index is 10.9. The van der Waals surface area contributed by atoms with Gasteiger partial charge in [-0.15, -0.1) is 0 Å². The van der Waals surface area contributed by atoms with Crippen molar-refractivity contribution < 1.29 is 8.39 Å². The summed E-state index contributed by atoms with van der Waals surface area (Å²) in [5.41, 5.74) is 0. The van der Waals surface area contributed by atoms with Gasteiger partial charge in [0.2, 0.25) is 10.1 Å². The summed E-state index contributed by atoms with van der Waals surface area (Å²) in [5, 5.41) is 0.361. The van der Waals surface area contributed by atoms with Gasteiger partial charge in [-0.05, 0) is 24.6 Å². The summed E-state index contributed by atoms with van der Waals surface area (Å²) in [7, 11) is 0.169. The van der Waals surface area contributed by atoms with Crippen LogP contribution in [0.1, 0.15) is 27.7 Å². The van der Waals surface area contributed by atoms with E-state index >= 15 is 0 Å². The van der Waals surface area contributed by atoms with Gasteiger partial charge in [-0.2, -0.15) is 0 Å². The van der Waals surface area contributed by atoms with Gasteiger partial charge in [0.25, 0.3) is 0 Å².